The van der Waals surface area contributed by atoms with E-state index < -0.39 is 18.0 Å². The molecule has 1 unspecified atom stereocenters. The van der Waals surface area contributed by atoms with Gasteiger partial charge < -0.3 is 25.3 Å². The lowest BCUT2D eigenvalue weighted by atomic mass is 9.79. The van der Waals surface area contributed by atoms with Gasteiger partial charge in [-0.15, -0.1) is 11.8 Å². The maximum absolute atomic E-state index is 12.4. The smallest absolute Gasteiger partial charge is 0.353 e. The van der Waals surface area contributed by atoms with Gasteiger partial charge in [0.2, 0.25) is 5.91 Å². The largest absolute Gasteiger partial charge is 0.477 e. The van der Waals surface area contributed by atoms with E-state index >= 15 is 0 Å². The molecule has 6 atom stereocenters. The molecule has 0 radical (unpaired) electrons. The molecule has 3 rings (SSSR count). The molecule has 144 valence electrons. The molecule has 8 heteroatoms. The van der Waals surface area contributed by atoms with E-state index in [1.54, 1.807) is 18.7 Å². The van der Waals surface area contributed by atoms with Crippen LogP contribution in [0.5, 0.6) is 0 Å². The van der Waals surface area contributed by atoms with Crippen LogP contribution < -0.4 is 5.32 Å². The first-order valence-corrected chi connectivity index (χ1v) is 9.77. The number of amides is 1. The zero-order valence-corrected chi connectivity index (χ0v) is 16.4. The zero-order valence-electron chi connectivity index (χ0n) is 15.6. The van der Waals surface area contributed by atoms with Gasteiger partial charge in [0.25, 0.3) is 0 Å². The monoisotopic (exact) mass is 381 g/mol. The number of hydrogen-bond donors (Lipinski definition) is 3. The summed E-state index contributed by atoms with van der Waals surface area (Å²) >= 11 is 1.56. The van der Waals surface area contributed by atoms with Crippen molar-refractivity contribution in [3.05, 3.63) is 22.9 Å². The SMILES string of the molecule is C=C(C1C[C@H](SC2=C(C(=O)O)N3C(=O)[C@H]([C@@H](C)O)[C@H]3[C@H]2C)CN1)N(C)C. The summed E-state index contributed by atoms with van der Waals surface area (Å²) in [5, 5.41) is 23.3. The maximum Gasteiger partial charge on any atom is 0.353 e. The van der Waals surface area contributed by atoms with Crippen LogP contribution in [0.1, 0.15) is 20.3 Å². The van der Waals surface area contributed by atoms with E-state index in [1.807, 2.05) is 25.9 Å². The minimum Gasteiger partial charge on any atom is -0.477 e. The molecule has 3 aliphatic rings. The first-order valence-electron chi connectivity index (χ1n) is 8.89. The topological polar surface area (TPSA) is 93.1 Å². The van der Waals surface area contributed by atoms with Gasteiger partial charge in [-0.3, -0.25) is 4.79 Å². The number of aliphatic hydroxyl groups excluding tert-OH is 1. The van der Waals surface area contributed by atoms with Crippen LogP contribution in [0.15, 0.2) is 22.9 Å². The fourth-order valence-electron chi connectivity index (χ4n) is 4.22. The van der Waals surface area contributed by atoms with Crippen LogP contribution in [-0.2, 0) is 9.59 Å². The molecule has 0 aromatic carbocycles. The molecule has 1 amide bonds. The minimum atomic E-state index is -1.07. The highest BCUT2D eigenvalue weighted by Crippen LogP contribution is 2.51. The maximum atomic E-state index is 12.4. The number of aliphatic carboxylic acids is 1. The molecular formula is C18H27N3O4S. The number of carbonyl (C=O) groups excluding carboxylic acids is 1. The molecule has 0 aliphatic carbocycles. The van der Waals surface area contributed by atoms with Gasteiger partial charge in [0.05, 0.1) is 18.1 Å². The lowest BCUT2D eigenvalue weighted by Gasteiger charge is -2.46. The summed E-state index contributed by atoms with van der Waals surface area (Å²) in [5.41, 5.74) is 1.11. The fourth-order valence-corrected chi connectivity index (χ4v) is 5.70. The van der Waals surface area contributed by atoms with Crippen LogP contribution in [0.25, 0.3) is 0 Å². The molecule has 0 aromatic rings. The lowest BCUT2D eigenvalue weighted by Crippen LogP contribution is -2.63. The zero-order chi connectivity index (χ0) is 19.3. The van der Waals surface area contributed by atoms with Crippen molar-refractivity contribution in [2.45, 2.75) is 43.7 Å². The minimum absolute atomic E-state index is 0.0838. The number of hydrogen-bond acceptors (Lipinski definition) is 6. The van der Waals surface area contributed by atoms with E-state index in [-0.39, 0.29) is 34.9 Å². The van der Waals surface area contributed by atoms with E-state index in [9.17, 15) is 19.8 Å². The molecule has 0 bridgehead atoms. The van der Waals surface area contributed by atoms with E-state index in [0.29, 0.717) is 0 Å². The Hall–Kier alpha value is -1.51. The number of nitrogens with zero attached hydrogens (tertiary/aromatic N) is 2. The van der Waals surface area contributed by atoms with Crippen molar-refractivity contribution in [2.75, 3.05) is 20.6 Å². The van der Waals surface area contributed by atoms with Crippen LogP contribution in [0.4, 0.5) is 0 Å². The predicted molar refractivity (Wildman–Crippen MR) is 100 cm³/mol. The summed E-state index contributed by atoms with van der Waals surface area (Å²) < 4.78 is 0. The van der Waals surface area contributed by atoms with Gasteiger partial charge in [-0.25, -0.2) is 4.79 Å². The summed E-state index contributed by atoms with van der Waals surface area (Å²) in [4.78, 5) is 28.3. The lowest BCUT2D eigenvalue weighted by molar-refractivity contribution is -0.163. The summed E-state index contributed by atoms with van der Waals surface area (Å²) in [6.45, 7) is 8.42. The Kier molecular flexibility index (Phi) is 5.11. The predicted octanol–water partition coefficient (Wildman–Crippen LogP) is 0.679. The number of β-lactam (4-membered cyclic amide) rings is 1. The number of nitrogens with one attached hydrogen (secondary N) is 1. The molecule has 0 spiro atoms. The van der Waals surface area contributed by atoms with Gasteiger partial charge in [-0.1, -0.05) is 13.5 Å². The molecule has 3 heterocycles. The standard InChI is InChI=1S/C18H27N3O4S/c1-8-14-13(10(3)22)17(23)21(14)15(18(24)25)16(8)26-11-6-12(19-7-11)9(2)20(4)5/h8,10-14,19,22H,2,6-7H2,1,3-5H3,(H,24,25)/t8-,10-,11+,12?,13-,14-/m1/s1. The van der Waals surface area contributed by atoms with Crippen molar-refractivity contribution in [1.29, 1.82) is 0 Å². The molecule has 26 heavy (non-hydrogen) atoms. The Bertz CT molecular complexity index is 675. The number of carboxylic acids is 1. The summed E-state index contributed by atoms with van der Waals surface area (Å²) in [6.07, 6.45) is 0.0926. The third kappa shape index (κ3) is 2.93. The highest BCUT2D eigenvalue weighted by Gasteiger charge is 2.60. The second kappa shape index (κ2) is 6.90. The fraction of sp³-hybridized carbons (Fsp3) is 0.667. The Morgan fingerprint density at radius 1 is 1.46 bits per heavy atom. The highest BCUT2D eigenvalue weighted by atomic mass is 32.2. The first kappa shape index (κ1) is 19.3. The molecule has 2 fully saturated rings. The second-order valence-electron chi connectivity index (χ2n) is 7.59. The summed E-state index contributed by atoms with van der Waals surface area (Å²) in [7, 11) is 3.92. The quantitative estimate of drug-likeness (QED) is 0.583. The van der Waals surface area contributed by atoms with Gasteiger partial charge >= 0.3 is 5.97 Å². The number of aliphatic hydroxyl groups is 1. The van der Waals surface area contributed by atoms with Crippen LogP contribution in [-0.4, -0.2) is 76.0 Å². The Morgan fingerprint density at radius 3 is 2.65 bits per heavy atom. The van der Waals surface area contributed by atoms with Gasteiger partial charge in [0, 0.05) is 48.5 Å². The Balaban J connectivity index is 1.78. The van der Waals surface area contributed by atoms with Crippen LogP contribution in [0.3, 0.4) is 0 Å². The van der Waals surface area contributed by atoms with Crippen LogP contribution in [0, 0.1) is 11.8 Å². The Labute approximate surface area is 158 Å². The first-order chi connectivity index (χ1) is 12.1. The molecule has 7 nitrogen and oxygen atoms in total. The van der Waals surface area contributed by atoms with E-state index in [0.717, 1.165) is 23.6 Å². The van der Waals surface area contributed by atoms with Crippen molar-refractivity contribution in [3.8, 4) is 0 Å². The number of likely N-dealkylation sites (N-methyl/N-ethyl adjacent to an activating group) is 1. The third-order valence-corrected chi connectivity index (χ3v) is 7.18. The van der Waals surface area contributed by atoms with Gasteiger partial charge in [-0.05, 0) is 13.3 Å². The number of carboxylic acid groups (broad SMARTS) is 1. The van der Waals surface area contributed by atoms with Crippen LogP contribution >= 0.6 is 11.8 Å². The van der Waals surface area contributed by atoms with Crippen molar-refractivity contribution >= 4 is 23.6 Å². The van der Waals surface area contributed by atoms with E-state index in [4.69, 9.17) is 0 Å². The molecule has 3 aliphatic heterocycles. The normalized spacial score (nSPS) is 34.6. The molecule has 2 saturated heterocycles. The van der Waals surface area contributed by atoms with Gasteiger partial charge in [-0.2, -0.15) is 0 Å². The highest BCUT2D eigenvalue weighted by molar-refractivity contribution is 8.03. The average molecular weight is 381 g/mol. The number of thioether (sulfide) groups is 1. The van der Waals surface area contributed by atoms with Crippen LogP contribution in [0.2, 0.25) is 0 Å². The molecular weight excluding hydrogens is 354 g/mol. The number of carbonyl (C=O) groups is 2. The number of fused-ring (bicyclic) bond motifs is 1. The van der Waals surface area contributed by atoms with Gasteiger partial charge in [0.1, 0.15) is 5.70 Å². The Morgan fingerprint density at radius 2 is 2.12 bits per heavy atom. The van der Waals surface area contributed by atoms with E-state index in [1.165, 1.54) is 4.90 Å². The van der Waals surface area contributed by atoms with E-state index in [2.05, 4.69) is 11.9 Å². The number of rotatable bonds is 6. The second-order valence-corrected chi connectivity index (χ2v) is 8.94. The summed E-state index contributed by atoms with van der Waals surface area (Å²) in [5.74, 6) is -1.95. The van der Waals surface area contributed by atoms with Crippen molar-refractivity contribution in [2.24, 2.45) is 11.8 Å². The van der Waals surface area contributed by atoms with Crippen molar-refractivity contribution in [3.63, 3.8) is 0 Å². The molecule has 0 aromatic heterocycles. The third-order valence-electron chi connectivity index (χ3n) is 5.67. The van der Waals surface area contributed by atoms with Crippen molar-refractivity contribution in [1.82, 2.24) is 15.1 Å². The molecule has 0 saturated carbocycles. The molecule has 3 N–H and O–H groups in total. The summed E-state index contributed by atoms with van der Waals surface area (Å²) in [6, 6.07) is -0.0741. The van der Waals surface area contributed by atoms with Gasteiger partial charge in [0.15, 0.2) is 0 Å². The van der Waals surface area contributed by atoms with Crippen molar-refractivity contribution < 1.29 is 19.8 Å². The average Bonchev–Trinajstić information content (AvgIpc) is 3.09.